The molecule has 5 heteroatoms. The van der Waals surface area contributed by atoms with Gasteiger partial charge in [0.05, 0.1) is 17.6 Å². The van der Waals surface area contributed by atoms with Crippen molar-refractivity contribution in [3.63, 3.8) is 0 Å². The molecule has 130 valence electrons. The normalized spacial score (nSPS) is 19.1. The number of rotatable bonds is 5. The molecule has 0 radical (unpaired) electrons. The number of para-hydroxylation sites is 2. The van der Waals surface area contributed by atoms with Crippen LogP contribution in [0.3, 0.4) is 0 Å². The molecule has 1 fully saturated rings. The highest BCUT2D eigenvalue weighted by molar-refractivity contribution is 5.76. The van der Waals surface area contributed by atoms with E-state index >= 15 is 0 Å². The van der Waals surface area contributed by atoms with Gasteiger partial charge in [0.15, 0.2) is 5.82 Å². The van der Waals surface area contributed by atoms with Gasteiger partial charge < -0.3 is 9.09 Å². The number of nitrogens with zero attached hydrogens (tertiary/aromatic N) is 4. The Morgan fingerprint density at radius 2 is 1.81 bits per heavy atom. The highest BCUT2D eigenvalue weighted by Crippen LogP contribution is 2.53. The van der Waals surface area contributed by atoms with E-state index in [1.807, 2.05) is 24.3 Å². The van der Waals surface area contributed by atoms with Gasteiger partial charge in [0, 0.05) is 12.3 Å². The number of benzene rings is 2. The van der Waals surface area contributed by atoms with Crippen LogP contribution in [0.25, 0.3) is 11.0 Å². The predicted molar refractivity (Wildman–Crippen MR) is 99.1 cm³/mol. The van der Waals surface area contributed by atoms with E-state index in [9.17, 15) is 0 Å². The van der Waals surface area contributed by atoms with Gasteiger partial charge in [-0.25, -0.2) is 4.98 Å². The molecular formula is C21H20N4O. The molecule has 1 aliphatic rings. The topological polar surface area (TPSA) is 56.7 Å². The minimum atomic E-state index is 0.351. The molecule has 0 aliphatic heterocycles. The summed E-state index contributed by atoms with van der Waals surface area (Å²) in [5.41, 5.74) is 3.48. The maximum atomic E-state index is 5.58. The van der Waals surface area contributed by atoms with Crippen molar-refractivity contribution in [3.05, 3.63) is 77.7 Å². The average molecular weight is 344 g/mol. The smallest absolute Gasteiger partial charge is 0.230 e. The molecule has 2 atom stereocenters. The second kappa shape index (κ2) is 6.09. The zero-order valence-corrected chi connectivity index (χ0v) is 14.7. The first-order chi connectivity index (χ1) is 12.8. The van der Waals surface area contributed by atoms with E-state index in [4.69, 9.17) is 9.51 Å². The predicted octanol–water partition coefficient (Wildman–Crippen LogP) is 4.30. The second-order valence-electron chi connectivity index (χ2n) is 6.86. The summed E-state index contributed by atoms with van der Waals surface area (Å²) in [4.78, 5) is 9.39. The van der Waals surface area contributed by atoms with Crippen LogP contribution in [0.2, 0.25) is 0 Å². The van der Waals surface area contributed by atoms with Crippen LogP contribution >= 0.6 is 0 Å². The molecule has 5 nitrogen and oxygen atoms in total. The summed E-state index contributed by atoms with van der Waals surface area (Å²) in [6, 6.07) is 18.8. The summed E-state index contributed by atoms with van der Waals surface area (Å²) >= 11 is 0. The molecule has 4 aromatic rings. The molecule has 0 spiro atoms. The van der Waals surface area contributed by atoms with Crippen LogP contribution in [0.1, 0.15) is 48.3 Å². The van der Waals surface area contributed by atoms with Crippen LogP contribution < -0.4 is 0 Å². The Labute approximate surface area is 151 Å². The molecule has 1 aliphatic carbocycles. The Hall–Kier alpha value is -2.95. The lowest BCUT2D eigenvalue weighted by atomic mass is 10.1. The Balaban J connectivity index is 1.39. The molecule has 0 saturated heterocycles. The van der Waals surface area contributed by atoms with Crippen LogP contribution in [-0.4, -0.2) is 19.7 Å². The minimum absolute atomic E-state index is 0.351. The number of aromatic nitrogens is 4. The number of aryl methyl sites for hydroxylation is 1. The quantitative estimate of drug-likeness (QED) is 0.541. The van der Waals surface area contributed by atoms with Crippen LogP contribution in [-0.2, 0) is 13.0 Å². The van der Waals surface area contributed by atoms with Gasteiger partial charge in [0.2, 0.25) is 5.89 Å². The standard InChI is InChI=1S/C21H20N4O/c1-2-20-22-17-10-6-7-11-18(17)25(20)13-19-23-21(26-24-19)16-12-15(16)14-8-4-3-5-9-14/h3-11,15-16H,2,12-13H2,1H3/t15-,16+/m1/s1. The molecule has 0 unspecified atom stereocenters. The van der Waals surface area contributed by atoms with Gasteiger partial charge in [-0.15, -0.1) is 0 Å². The summed E-state index contributed by atoms with van der Waals surface area (Å²) in [5, 5.41) is 4.23. The van der Waals surface area contributed by atoms with E-state index in [2.05, 4.69) is 52.0 Å². The second-order valence-corrected chi connectivity index (χ2v) is 6.86. The van der Waals surface area contributed by atoms with E-state index in [0.29, 0.717) is 18.4 Å². The highest BCUT2D eigenvalue weighted by Gasteiger charge is 2.43. The summed E-state index contributed by atoms with van der Waals surface area (Å²) in [5.74, 6) is 3.38. The molecular weight excluding hydrogens is 324 g/mol. The van der Waals surface area contributed by atoms with E-state index in [-0.39, 0.29) is 0 Å². The maximum absolute atomic E-state index is 5.58. The van der Waals surface area contributed by atoms with Crippen LogP contribution in [0.5, 0.6) is 0 Å². The average Bonchev–Trinajstić information content (AvgIpc) is 3.22. The van der Waals surface area contributed by atoms with Crippen LogP contribution in [0.15, 0.2) is 59.1 Å². The molecule has 2 aromatic carbocycles. The van der Waals surface area contributed by atoms with Gasteiger partial charge in [0.1, 0.15) is 5.82 Å². The third-order valence-electron chi connectivity index (χ3n) is 5.17. The van der Waals surface area contributed by atoms with Gasteiger partial charge in [-0.05, 0) is 30.0 Å². The van der Waals surface area contributed by atoms with Crippen molar-refractivity contribution >= 4 is 11.0 Å². The summed E-state index contributed by atoms with van der Waals surface area (Å²) in [6.07, 6.45) is 1.96. The summed E-state index contributed by atoms with van der Waals surface area (Å²) < 4.78 is 7.77. The van der Waals surface area contributed by atoms with Gasteiger partial charge in [0.25, 0.3) is 0 Å². The fraction of sp³-hybridized carbons (Fsp3) is 0.286. The van der Waals surface area contributed by atoms with Crippen molar-refractivity contribution in [2.45, 2.75) is 38.1 Å². The van der Waals surface area contributed by atoms with E-state index in [1.165, 1.54) is 5.56 Å². The number of hydrogen-bond donors (Lipinski definition) is 0. The van der Waals surface area contributed by atoms with Crippen molar-refractivity contribution in [2.24, 2.45) is 0 Å². The van der Waals surface area contributed by atoms with Crippen molar-refractivity contribution in [1.82, 2.24) is 19.7 Å². The molecule has 26 heavy (non-hydrogen) atoms. The van der Waals surface area contributed by atoms with E-state index in [0.717, 1.165) is 41.4 Å². The monoisotopic (exact) mass is 344 g/mol. The fourth-order valence-corrected chi connectivity index (χ4v) is 3.73. The molecule has 1 saturated carbocycles. The first-order valence-electron chi connectivity index (χ1n) is 9.15. The fourth-order valence-electron chi connectivity index (χ4n) is 3.73. The Morgan fingerprint density at radius 3 is 2.65 bits per heavy atom. The van der Waals surface area contributed by atoms with Gasteiger partial charge in [-0.2, -0.15) is 4.98 Å². The third kappa shape index (κ3) is 2.60. The first-order valence-corrected chi connectivity index (χ1v) is 9.15. The molecule has 2 aromatic heterocycles. The number of imidazole rings is 1. The van der Waals surface area contributed by atoms with Gasteiger partial charge in [-0.1, -0.05) is 54.5 Å². The molecule has 0 bridgehead atoms. The van der Waals surface area contributed by atoms with Crippen molar-refractivity contribution < 1.29 is 4.52 Å². The lowest BCUT2D eigenvalue weighted by molar-refractivity contribution is 0.371. The summed E-state index contributed by atoms with van der Waals surface area (Å²) in [6.45, 7) is 2.71. The first kappa shape index (κ1) is 15.3. The van der Waals surface area contributed by atoms with Crippen LogP contribution in [0, 0.1) is 0 Å². The zero-order valence-electron chi connectivity index (χ0n) is 14.7. The molecule has 0 amide bonds. The zero-order chi connectivity index (χ0) is 17.5. The lowest BCUT2D eigenvalue weighted by Crippen LogP contribution is -2.05. The highest BCUT2D eigenvalue weighted by atomic mass is 16.5. The van der Waals surface area contributed by atoms with Crippen molar-refractivity contribution in [2.75, 3.05) is 0 Å². The van der Waals surface area contributed by atoms with E-state index in [1.54, 1.807) is 0 Å². The maximum Gasteiger partial charge on any atom is 0.230 e. The van der Waals surface area contributed by atoms with Crippen LogP contribution in [0.4, 0.5) is 0 Å². The largest absolute Gasteiger partial charge is 0.339 e. The Kier molecular flexibility index (Phi) is 3.59. The number of hydrogen-bond acceptors (Lipinski definition) is 4. The number of fused-ring (bicyclic) bond motifs is 1. The summed E-state index contributed by atoms with van der Waals surface area (Å²) in [7, 11) is 0. The Morgan fingerprint density at radius 1 is 1.00 bits per heavy atom. The Bertz CT molecular complexity index is 1050. The molecule has 5 rings (SSSR count). The molecule has 0 N–H and O–H groups in total. The van der Waals surface area contributed by atoms with Gasteiger partial charge >= 0.3 is 0 Å². The SMILES string of the molecule is CCc1nc2ccccc2n1Cc1noc([C@H]2C[C@@H]2c2ccccc2)n1. The molecule has 2 heterocycles. The third-order valence-corrected chi connectivity index (χ3v) is 5.17. The van der Waals surface area contributed by atoms with Crippen molar-refractivity contribution in [1.29, 1.82) is 0 Å². The lowest BCUT2D eigenvalue weighted by Gasteiger charge is -2.04. The van der Waals surface area contributed by atoms with Gasteiger partial charge in [-0.3, -0.25) is 0 Å². The van der Waals surface area contributed by atoms with E-state index < -0.39 is 0 Å². The minimum Gasteiger partial charge on any atom is -0.339 e. The van der Waals surface area contributed by atoms with Crippen molar-refractivity contribution in [3.8, 4) is 0 Å².